The molecule has 0 aromatic carbocycles. The summed E-state index contributed by atoms with van der Waals surface area (Å²) in [6.45, 7) is -0.553. The molecule has 0 saturated heterocycles. The summed E-state index contributed by atoms with van der Waals surface area (Å²) >= 11 is 0. The lowest BCUT2D eigenvalue weighted by Gasteiger charge is -2.19. The summed E-state index contributed by atoms with van der Waals surface area (Å²) in [7, 11) is 0. The molecular formula is C6H10N2O4. The van der Waals surface area contributed by atoms with E-state index in [1.807, 2.05) is 0 Å². The summed E-state index contributed by atoms with van der Waals surface area (Å²) in [5.41, 5.74) is 0. The van der Waals surface area contributed by atoms with Crippen LogP contribution in [0.25, 0.3) is 0 Å². The molecule has 0 bridgehead atoms. The van der Waals surface area contributed by atoms with Gasteiger partial charge in [0.2, 0.25) is 0 Å². The molecule has 0 unspecified atom stereocenters. The Labute approximate surface area is 68.6 Å². The Hall–Kier alpha value is -0.980. The zero-order chi connectivity index (χ0) is 9.14. The summed E-state index contributed by atoms with van der Waals surface area (Å²) in [4.78, 5) is 3.44. The normalized spacial score (nSPS) is 26.9. The first-order valence-electron chi connectivity index (χ1n) is 3.41. The van der Waals surface area contributed by atoms with E-state index in [-0.39, 0.29) is 6.02 Å². The minimum atomic E-state index is -1.27. The van der Waals surface area contributed by atoms with Crippen LogP contribution in [0.15, 0.2) is 4.99 Å². The maximum Gasteiger partial charge on any atom is 0.309 e. The second-order valence-electron chi connectivity index (χ2n) is 2.41. The Morgan fingerprint density at radius 2 is 2.33 bits per heavy atom. The van der Waals surface area contributed by atoms with Crippen LogP contribution in [0.3, 0.4) is 0 Å². The average molecular weight is 174 g/mol. The zero-order valence-electron chi connectivity index (χ0n) is 6.21. The van der Waals surface area contributed by atoms with Gasteiger partial charge in [-0.1, -0.05) is 0 Å². The molecule has 1 rings (SSSR count). The molecule has 0 aliphatic carbocycles. The fourth-order valence-corrected chi connectivity index (χ4v) is 0.816. The third kappa shape index (κ3) is 1.79. The van der Waals surface area contributed by atoms with Crippen LogP contribution in [-0.2, 0) is 4.74 Å². The summed E-state index contributed by atoms with van der Waals surface area (Å²) in [5.74, 6) is 0. The molecular weight excluding hydrogens is 164 g/mol. The molecule has 0 saturated carbocycles. The first kappa shape index (κ1) is 9.11. The van der Waals surface area contributed by atoms with Crippen LogP contribution in [-0.4, -0.2) is 52.5 Å². The molecule has 1 aliphatic rings. The van der Waals surface area contributed by atoms with Gasteiger partial charge in [-0.05, 0) is 0 Å². The largest absolute Gasteiger partial charge is 0.452 e. The van der Waals surface area contributed by atoms with Crippen molar-refractivity contribution in [3.63, 3.8) is 0 Å². The van der Waals surface area contributed by atoms with E-state index in [0.29, 0.717) is 0 Å². The van der Waals surface area contributed by atoms with Gasteiger partial charge in [0.1, 0.15) is 12.2 Å². The first-order valence-corrected chi connectivity index (χ1v) is 3.41. The van der Waals surface area contributed by atoms with E-state index in [1.165, 1.54) is 6.21 Å². The van der Waals surface area contributed by atoms with Gasteiger partial charge in [0.05, 0.1) is 12.8 Å². The van der Waals surface area contributed by atoms with Crippen molar-refractivity contribution in [2.45, 2.75) is 18.3 Å². The Bertz CT molecular complexity index is 206. The summed E-state index contributed by atoms with van der Waals surface area (Å²) in [6.07, 6.45) is -2.14. The standard InChI is InChI=1S/C6H10N2O4/c7-6-8-1-4(12-6)5(11)3(10)2-9/h1,3-5,7,9-11H,2H2/t3-,4-,5-/m1/s1. The molecule has 0 aromatic heterocycles. The SMILES string of the molecule is N=C1N=C[C@H]([C@H](O)[C@H](O)CO)O1. The van der Waals surface area contributed by atoms with Crippen molar-refractivity contribution >= 4 is 12.2 Å². The number of ether oxygens (including phenoxy) is 1. The van der Waals surface area contributed by atoms with Crippen molar-refractivity contribution in [3.05, 3.63) is 0 Å². The molecule has 0 spiro atoms. The molecule has 6 heteroatoms. The molecule has 3 atom stereocenters. The molecule has 0 fully saturated rings. The van der Waals surface area contributed by atoms with Crippen molar-refractivity contribution in [2.75, 3.05) is 6.61 Å². The second-order valence-corrected chi connectivity index (χ2v) is 2.41. The minimum absolute atomic E-state index is 0.302. The van der Waals surface area contributed by atoms with Crippen LogP contribution in [0.5, 0.6) is 0 Å². The lowest BCUT2D eigenvalue weighted by molar-refractivity contribution is -0.0489. The number of aliphatic hydroxyl groups excluding tert-OH is 3. The number of hydrogen-bond donors (Lipinski definition) is 4. The van der Waals surface area contributed by atoms with Crippen LogP contribution < -0.4 is 0 Å². The number of rotatable bonds is 3. The van der Waals surface area contributed by atoms with E-state index < -0.39 is 24.9 Å². The Kier molecular flexibility index (Phi) is 2.74. The predicted octanol–water partition coefficient (Wildman–Crippen LogP) is -1.90. The molecule has 4 N–H and O–H groups in total. The molecule has 0 aromatic rings. The van der Waals surface area contributed by atoms with Gasteiger partial charge in [-0.2, -0.15) is 0 Å². The molecule has 1 heterocycles. The highest BCUT2D eigenvalue weighted by Gasteiger charge is 2.29. The number of nitrogens with one attached hydrogen (secondary N) is 1. The molecule has 12 heavy (non-hydrogen) atoms. The fraction of sp³-hybridized carbons (Fsp3) is 0.667. The number of hydrogen-bond acceptors (Lipinski definition) is 5. The zero-order valence-corrected chi connectivity index (χ0v) is 6.21. The van der Waals surface area contributed by atoms with E-state index in [0.717, 1.165) is 0 Å². The molecule has 0 radical (unpaired) electrons. The summed E-state index contributed by atoms with van der Waals surface area (Å²) < 4.78 is 4.69. The molecule has 6 nitrogen and oxygen atoms in total. The van der Waals surface area contributed by atoms with Gasteiger partial charge < -0.3 is 20.1 Å². The van der Waals surface area contributed by atoms with Crippen molar-refractivity contribution < 1.29 is 20.1 Å². The van der Waals surface area contributed by atoms with Gasteiger partial charge in [-0.25, -0.2) is 10.4 Å². The van der Waals surface area contributed by atoms with E-state index in [2.05, 4.69) is 9.73 Å². The number of aliphatic imine (C=N–C) groups is 1. The maximum absolute atomic E-state index is 9.21. The van der Waals surface area contributed by atoms with E-state index in [9.17, 15) is 5.11 Å². The maximum atomic E-state index is 9.21. The Balaban J connectivity index is 2.49. The Morgan fingerprint density at radius 1 is 1.67 bits per heavy atom. The molecule has 1 aliphatic heterocycles. The topological polar surface area (TPSA) is 106 Å². The highest BCUT2D eigenvalue weighted by molar-refractivity contribution is 5.89. The smallest absolute Gasteiger partial charge is 0.309 e. The lowest BCUT2D eigenvalue weighted by atomic mass is 10.1. The van der Waals surface area contributed by atoms with Gasteiger partial charge in [-0.3, -0.25) is 0 Å². The van der Waals surface area contributed by atoms with E-state index >= 15 is 0 Å². The van der Waals surface area contributed by atoms with Crippen LogP contribution in [0, 0.1) is 5.41 Å². The molecule has 0 amide bonds. The van der Waals surface area contributed by atoms with Gasteiger partial charge in [0.15, 0.2) is 6.10 Å². The van der Waals surface area contributed by atoms with Crippen LogP contribution in [0.1, 0.15) is 0 Å². The predicted molar refractivity (Wildman–Crippen MR) is 40.2 cm³/mol. The van der Waals surface area contributed by atoms with E-state index in [4.69, 9.17) is 15.6 Å². The molecule has 68 valence electrons. The average Bonchev–Trinajstić information content (AvgIpc) is 2.49. The summed E-state index contributed by atoms with van der Waals surface area (Å²) in [6, 6.07) is -0.302. The lowest BCUT2D eigenvalue weighted by Crippen LogP contribution is -2.40. The van der Waals surface area contributed by atoms with E-state index in [1.54, 1.807) is 0 Å². The number of amidine groups is 1. The fourth-order valence-electron chi connectivity index (χ4n) is 0.816. The van der Waals surface area contributed by atoms with Crippen LogP contribution in [0.4, 0.5) is 0 Å². The van der Waals surface area contributed by atoms with Crippen LogP contribution in [0.2, 0.25) is 0 Å². The quantitative estimate of drug-likeness (QED) is 0.401. The van der Waals surface area contributed by atoms with Crippen molar-refractivity contribution in [1.29, 1.82) is 5.41 Å². The highest BCUT2D eigenvalue weighted by atomic mass is 16.5. The van der Waals surface area contributed by atoms with Crippen molar-refractivity contribution in [2.24, 2.45) is 4.99 Å². The van der Waals surface area contributed by atoms with Gasteiger partial charge in [0, 0.05) is 0 Å². The minimum Gasteiger partial charge on any atom is -0.452 e. The number of aliphatic hydroxyl groups is 3. The third-order valence-electron chi connectivity index (χ3n) is 1.50. The van der Waals surface area contributed by atoms with Gasteiger partial charge in [0.25, 0.3) is 0 Å². The third-order valence-corrected chi connectivity index (χ3v) is 1.50. The Morgan fingerprint density at radius 3 is 2.75 bits per heavy atom. The first-order chi connectivity index (χ1) is 5.65. The van der Waals surface area contributed by atoms with Gasteiger partial charge >= 0.3 is 6.02 Å². The van der Waals surface area contributed by atoms with Crippen molar-refractivity contribution in [3.8, 4) is 0 Å². The van der Waals surface area contributed by atoms with Crippen molar-refractivity contribution in [1.82, 2.24) is 0 Å². The van der Waals surface area contributed by atoms with Crippen LogP contribution >= 0.6 is 0 Å². The monoisotopic (exact) mass is 174 g/mol. The van der Waals surface area contributed by atoms with Gasteiger partial charge in [-0.15, -0.1) is 0 Å². The summed E-state index contributed by atoms with van der Waals surface area (Å²) in [5, 5.41) is 33.5. The number of nitrogens with zero attached hydrogens (tertiary/aromatic N) is 1. The highest BCUT2D eigenvalue weighted by Crippen LogP contribution is 2.08. The second kappa shape index (κ2) is 3.61.